The van der Waals surface area contributed by atoms with Crippen molar-refractivity contribution in [1.29, 1.82) is 0 Å². The molecule has 0 radical (unpaired) electrons. The molecule has 1 aromatic rings. The summed E-state index contributed by atoms with van der Waals surface area (Å²) in [7, 11) is 1.52. The molecule has 0 aliphatic carbocycles. The summed E-state index contributed by atoms with van der Waals surface area (Å²) in [5.41, 5.74) is 0.276. The summed E-state index contributed by atoms with van der Waals surface area (Å²) in [5, 5.41) is -0.661. The van der Waals surface area contributed by atoms with E-state index in [1.54, 1.807) is 24.3 Å². The number of halogens is 1. The third kappa shape index (κ3) is 6.31. The fourth-order valence-corrected chi connectivity index (χ4v) is 1.56. The Balaban J connectivity index is 2.42. The number of ether oxygens (including phenoxy) is 3. The first-order valence-corrected chi connectivity index (χ1v) is 6.67. The van der Waals surface area contributed by atoms with Crippen molar-refractivity contribution in [3.05, 3.63) is 36.4 Å². The molecule has 1 aromatic carbocycles. The van der Waals surface area contributed by atoms with Gasteiger partial charge in [-0.05, 0) is 19.1 Å². The molecule has 21 heavy (non-hydrogen) atoms. The van der Waals surface area contributed by atoms with E-state index in [1.165, 1.54) is 14.0 Å². The molecule has 0 heterocycles. The lowest BCUT2D eigenvalue weighted by Crippen LogP contribution is -2.20. The summed E-state index contributed by atoms with van der Waals surface area (Å²) in [6.07, 6.45) is -0.0811. The fraction of sp³-hybridized carbons (Fsp3) is 0.333. The summed E-state index contributed by atoms with van der Waals surface area (Å²) in [4.78, 5) is 22.9. The number of carbonyl (C=O) groups excluding carboxylic acids is 2. The van der Waals surface area contributed by atoms with E-state index in [2.05, 4.69) is 6.58 Å². The number of hydrogen-bond donors (Lipinski definition) is 0. The lowest BCUT2D eigenvalue weighted by Gasteiger charge is -2.10. The predicted molar refractivity (Wildman–Crippen MR) is 78.7 cm³/mol. The maximum atomic E-state index is 11.7. The molecule has 0 saturated heterocycles. The lowest BCUT2D eigenvalue weighted by atomic mass is 10.3. The Labute approximate surface area is 128 Å². The van der Waals surface area contributed by atoms with Gasteiger partial charge in [-0.1, -0.05) is 12.6 Å². The molecule has 0 fully saturated rings. The first-order valence-electron chi connectivity index (χ1n) is 6.23. The molecule has 0 bridgehead atoms. The van der Waals surface area contributed by atoms with Crippen LogP contribution in [0.3, 0.4) is 0 Å². The van der Waals surface area contributed by atoms with E-state index < -0.39 is 17.3 Å². The molecule has 0 amide bonds. The van der Waals surface area contributed by atoms with Crippen LogP contribution in [0.2, 0.25) is 0 Å². The second-order valence-electron chi connectivity index (χ2n) is 4.33. The first kappa shape index (κ1) is 17.0. The van der Waals surface area contributed by atoms with Crippen LogP contribution >= 0.6 is 11.6 Å². The SMILES string of the molecule is C=C(C)C(=O)OCC(Cl)CC(=O)Oc1cccc(OC)c1. The Kier molecular flexibility index (Phi) is 6.75. The van der Waals surface area contributed by atoms with Crippen LogP contribution in [0, 0.1) is 0 Å². The number of carbonyl (C=O) groups is 2. The Morgan fingerprint density at radius 2 is 2.00 bits per heavy atom. The second kappa shape index (κ2) is 8.32. The molecule has 114 valence electrons. The van der Waals surface area contributed by atoms with Gasteiger partial charge in [0.2, 0.25) is 0 Å². The lowest BCUT2D eigenvalue weighted by molar-refractivity contribution is -0.140. The third-order valence-corrected chi connectivity index (χ3v) is 2.69. The van der Waals surface area contributed by atoms with E-state index in [4.69, 9.17) is 25.8 Å². The van der Waals surface area contributed by atoms with Gasteiger partial charge in [-0.25, -0.2) is 4.79 Å². The van der Waals surface area contributed by atoms with Crippen molar-refractivity contribution in [2.45, 2.75) is 18.7 Å². The highest BCUT2D eigenvalue weighted by Crippen LogP contribution is 2.19. The van der Waals surface area contributed by atoms with Crippen molar-refractivity contribution in [1.82, 2.24) is 0 Å². The number of hydrogen-bond acceptors (Lipinski definition) is 5. The van der Waals surface area contributed by atoms with Crippen LogP contribution in [-0.2, 0) is 14.3 Å². The Morgan fingerprint density at radius 3 is 2.62 bits per heavy atom. The van der Waals surface area contributed by atoms with E-state index in [-0.39, 0.29) is 18.6 Å². The minimum Gasteiger partial charge on any atom is -0.497 e. The van der Waals surface area contributed by atoms with Crippen LogP contribution in [0.1, 0.15) is 13.3 Å². The van der Waals surface area contributed by atoms with Gasteiger partial charge in [0.1, 0.15) is 18.1 Å². The molecule has 0 spiro atoms. The van der Waals surface area contributed by atoms with Crippen molar-refractivity contribution in [3.63, 3.8) is 0 Å². The number of rotatable bonds is 7. The van der Waals surface area contributed by atoms with Crippen LogP contribution in [0.15, 0.2) is 36.4 Å². The smallest absolute Gasteiger partial charge is 0.333 e. The zero-order valence-corrected chi connectivity index (χ0v) is 12.7. The summed E-state index contributed by atoms with van der Waals surface area (Å²) < 4.78 is 15.0. The van der Waals surface area contributed by atoms with Crippen molar-refractivity contribution in [3.8, 4) is 11.5 Å². The molecule has 0 aromatic heterocycles. The van der Waals surface area contributed by atoms with Gasteiger partial charge >= 0.3 is 11.9 Å². The number of methoxy groups -OCH3 is 1. The van der Waals surface area contributed by atoms with Gasteiger partial charge in [0.25, 0.3) is 0 Å². The fourth-order valence-electron chi connectivity index (χ4n) is 1.37. The molecular weight excluding hydrogens is 296 g/mol. The third-order valence-electron chi connectivity index (χ3n) is 2.40. The summed E-state index contributed by atoms with van der Waals surface area (Å²) in [5.74, 6) is -0.114. The number of esters is 2. The van der Waals surface area contributed by atoms with Gasteiger partial charge in [-0.15, -0.1) is 11.6 Å². The van der Waals surface area contributed by atoms with Gasteiger partial charge in [-0.2, -0.15) is 0 Å². The van der Waals surface area contributed by atoms with Gasteiger partial charge in [0.05, 0.1) is 18.9 Å². The highest BCUT2D eigenvalue weighted by atomic mass is 35.5. The van der Waals surface area contributed by atoms with Crippen LogP contribution in [-0.4, -0.2) is 31.0 Å². The molecule has 0 N–H and O–H groups in total. The molecule has 1 unspecified atom stereocenters. The van der Waals surface area contributed by atoms with E-state index in [0.717, 1.165) is 0 Å². The maximum absolute atomic E-state index is 11.7. The Bertz CT molecular complexity index is 527. The molecule has 0 aliphatic rings. The minimum absolute atomic E-state index is 0.0811. The number of alkyl halides is 1. The topological polar surface area (TPSA) is 61.8 Å². The van der Waals surface area contributed by atoms with Gasteiger partial charge in [0.15, 0.2) is 0 Å². The van der Waals surface area contributed by atoms with Gasteiger partial charge < -0.3 is 14.2 Å². The molecule has 1 atom stereocenters. The average Bonchev–Trinajstić information content (AvgIpc) is 2.44. The quantitative estimate of drug-likeness (QED) is 0.335. The number of benzene rings is 1. The molecule has 5 nitrogen and oxygen atoms in total. The van der Waals surface area contributed by atoms with Gasteiger partial charge in [0, 0.05) is 11.6 Å². The van der Waals surface area contributed by atoms with E-state index >= 15 is 0 Å². The van der Waals surface area contributed by atoms with Crippen molar-refractivity contribution >= 4 is 23.5 Å². The van der Waals surface area contributed by atoms with Gasteiger partial charge in [-0.3, -0.25) is 4.79 Å². The monoisotopic (exact) mass is 312 g/mol. The molecule has 1 rings (SSSR count). The second-order valence-corrected chi connectivity index (χ2v) is 4.95. The Morgan fingerprint density at radius 1 is 1.33 bits per heavy atom. The molecular formula is C15H17ClO5. The summed E-state index contributed by atoms with van der Waals surface area (Å²) >= 11 is 5.92. The van der Waals surface area contributed by atoms with Crippen LogP contribution < -0.4 is 9.47 Å². The van der Waals surface area contributed by atoms with E-state index in [0.29, 0.717) is 11.5 Å². The molecule has 0 saturated carbocycles. The highest BCUT2D eigenvalue weighted by molar-refractivity contribution is 6.21. The van der Waals surface area contributed by atoms with Crippen molar-refractivity contribution < 1.29 is 23.8 Å². The van der Waals surface area contributed by atoms with Crippen LogP contribution in [0.5, 0.6) is 11.5 Å². The normalized spacial score (nSPS) is 11.4. The van der Waals surface area contributed by atoms with Crippen LogP contribution in [0.25, 0.3) is 0 Å². The Hall–Kier alpha value is -2.01. The summed E-state index contributed by atoms with van der Waals surface area (Å²) in [6.45, 7) is 4.89. The van der Waals surface area contributed by atoms with E-state index in [9.17, 15) is 9.59 Å². The first-order chi connectivity index (χ1) is 9.92. The van der Waals surface area contributed by atoms with E-state index in [1.807, 2.05) is 0 Å². The maximum Gasteiger partial charge on any atom is 0.333 e. The molecule has 6 heteroatoms. The van der Waals surface area contributed by atoms with Crippen LogP contribution in [0.4, 0.5) is 0 Å². The average molecular weight is 313 g/mol. The zero-order valence-electron chi connectivity index (χ0n) is 11.9. The molecule has 0 aliphatic heterocycles. The standard InChI is InChI=1S/C15H17ClO5/c1-10(2)15(18)20-9-11(16)7-14(17)21-13-6-4-5-12(8-13)19-3/h4-6,8,11H,1,7,9H2,2-3H3. The minimum atomic E-state index is -0.661. The predicted octanol–water partition coefficient (Wildman–Crippen LogP) is 2.72. The largest absolute Gasteiger partial charge is 0.497 e. The van der Waals surface area contributed by atoms with Crippen molar-refractivity contribution in [2.24, 2.45) is 0 Å². The van der Waals surface area contributed by atoms with Crippen molar-refractivity contribution in [2.75, 3.05) is 13.7 Å². The summed E-state index contributed by atoms with van der Waals surface area (Å²) in [6, 6.07) is 6.65. The highest BCUT2D eigenvalue weighted by Gasteiger charge is 2.16. The zero-order chi connectivity index (χ0) is 15.8.